The Morgan fingerprint density at radius 2 is 0.700 bits per heavy atom. The third-order valence-electron chi connectivity index (χ3n) is 7.80. The van der Waals surface area contributed by atoms with E-state index in [4.69, 9.17) is 9.47 Å². The molecule has 2 unspecified atom stereocenters. The van der Waals surface area contributed by atoms with Crippen molar-refractivity contribution in [1.29, 1.82) is 0 Å². The first kappa shape index (κ1) is 26.2. The molecule has 5 aromatic rings. The summed E-state index contributed by atoms with van der Waals surface area (Å²) in [7, 11) is 0. The zero-order valence-corrected chi connectivity index (χ0v) is 22.1. The van der Waals surface area contributed by atoms with E-state index in [2.05, 4.69) is 0 Å². The van der Waals surface area contributed by atoms with E-state index in [-0.39, 0.29) is 0 Å². The molecule has 1 aliphatic heterocycles. The van der Waals surface area contributed by atoms with Gasteiger partial charge in [-0.25, -0.2) is 0 Å². The van der Waals surface area contributed by atoms with E-state index >= 15 is 0 Å². The summed E-state index contributed by atoms with van der Waals surface area (Å²) < 4.78 is 13.4. The van der Waals surface area contributed by atoms with Crippen LogP contribution >= 0.6 is 0 Å². The molecule has 1 aliphatic rings. The Balaban J connectivity index is 1.55. The Hall–Kier alpha value is -4.06. The second-order valence-corrected chi connectivity index (χ2v) is 10.2. The van der Waals surface area contributed by atoms with Gasteiger partial charge in [0.1, 0.15) is 23.4 Å². The first-order valence-corrected chi connectivity index (χ1v) is 13.6. The third kappa shape index (κ3) is 4.76. The molecule has 0 saturated carbocycles. The van der Waals surface area contributed by atoms with Crippen LogP contribution in [0.15, 0.2) is 152 Å². The van der Waals surface area contributed by atoms with Crippen LogP contribution in [0.5, 0.6) is 0 Å². The Labute approximate surface area is 235 Å². The molecule has 4 nitrogen and oxygen atoms in total. The molecule has 200 valence electrons. The second-order valence-electron chi connectivity index (χ2n) is 10.2. The second kappa shape index (κ2) is 11.2. The maximum Gasteiger partial charge on any atom is 0.162 e. The lowest BCUT2D eigenvalue weighted by molar-refractivity contribution is -0.110. The van der Waals surface area contributed by atoms with Crippen LogP contribution in [0.1, 0.15) is 27.8 Å². The van der Waals surface area contributed by atoms with Crippen molar-refractivity contribution in [2.75, 3.05) is 0 Å². The molecule has 0 aromatic heterocycles. The molecular weight excluding hydrogens is 496 g/mol. The number of rotatable bonds is 8. The van der Waals surface area contributed by atoms with Crippen LogP contribution in [0, 0.1) is 0 Å². The summed E-state index contributed by atoms with van der Waals surface area (Å²) in [4.78, 5) is 0. The van der Waals surface area contributed by atoms with E-state index in [1.807, 2.05) is 152 Å². The molecule has 2 N–H and O–H groups in total. The van der Waals surface area contributed by atoms with E-state index < -0.39 is 29.7 Å². The van der Waals surface area contributed by atoms with E-state index in [0.717, 1.165) is 5.56 Å². The maximum absolute atomic E-state index is 12.8. The van der Waals surface area contributed by atoms with E-state index in [9.17, 15) is 10.2 Å². The Bertz CT molecular complexity index is 1320. The number of hydrogen-bond donors (Lipinski definition) is 2. The van der Waals surface area contributed by atoms with Gasteiger partial charge in [0.15, 0.2) is 6.29 Å². The smallest absolute Gasteiger partial charge is 0.162 e. The van der Waals surface area contributed by atoms with E-state index in [1.165, 1.54) is 0 Å². The molecule has 0 amide bonds. The zero-order valence-electron chi connectivity index (χ0n) is 22.1. The summed E-state index contributed by atoms with van der Waals surface area (Å²) in [5.41, 5.74) is 0.407. The summed E-state index contributed by atoms with van der Waals surface area (Å²) in [5, 5.41) is 25.7. The molecule has 2 atom stereocenters. The van der Waals surface area contributed by atoms with Crippen molar-refractivity contribution in [2.24, 2.45) is 0 Å². The van der Waals surface area contributed by atoms with Crippen molar-refractivity contribution in [3.63, 3.8) is 0 Å². The Morgan fingerprint density at radius 3 is 1.00 bits per heavy atom. The summed E-state index contributed by atoms with van der Waals surface area (Å²) in [6, 6.07) is 48.0. The highest BCUT2D eigenvalue weighted by Gasteiger charge is 2.59. The molecule has 4 heteroatoms. The first-order chi connectivity index (χ1) is 19.6. The summed E-state index contributed by atoms with van der Waals surface area (Å²) in [6.07, 6.45) is -2.16. The molecular formula is C36H32O4. The molecule has 0 bridgehead atoms. The molecule has 1 fully saturated rings. The fraction of sp³-hybridized carbons (Fsp3) is 0.167. The summed E-state index contributed by atoms with van der Waals surface area (Å²) >= 11 is 0. The van der Waals surface area contributed by atoms with Gasteiger partial charge in [-0.3, -0.25) is 0 Å². The highest BCUT2D eigenvalue weighted by atomic mass is 16.7. The highest BCUT2D eigenvalue weighted by molar-refractivity contribution is 5.43. The summed E-state index contributed by atoms with van der Waals surface area (Å²) in [5.74, 6) is 0. The van der Waals surface area contributed by atoms with Gasteiger partial charge in [-0.1, -0.05) is 152 Å². The van der Waals surface area contributed by atoms with Crippen LogP contribution in [0.2, 0.25) is 0 Å². The van der Waals surface area contributed by atoms with Crippen molar-refractivity contribution in [2.45, 2.75) is 36.1 Å². The average Bonchev–Trinajstić information content (AvgIpc) is 3.47. The predicted octanol–water partition coefficient (Wildman–Crippen LogP) is 6.21. The third-order valence-corrected chi connectivity index (χ3v) is 7.80. The van der Waals surface area contributed by atoms with Gasteiger partial charge in [-0.15, -0.1) is 0 Å². The van der Waals surface area contributed by atoms with E-state index in [1.54, 1.807) is 0 Å². The van der Waals surface area contributed by atoms with Crippen LogP contribution in [-0.4, -0.2) is 28.7 Å². The lowest BCUT2D eigenvalue weighted by Gasteiger charge is -2.42. The zero-order chi connectivity index (χ0) is 27.4. The maximum atomic E-state index is 12.8. The Kier molecular flexibility index (Phi) is 7.33. The van der Waals surface area contributed by atoms with Crippen molar-refractivity contribution < 1.29 is 19.7 Å². The molecule has 40 heavy (non-hydrogen) atoms. The molecule has 6 rings (SSSR count). The minimum atomic E-state index is -1.63. The van der Waals surface area contributed by atoms with Crippen LogP contribution < -0.4 is 0 Å². The lowest BCUT2D eigenvalue weighted by atomic mass is 9.72. The monoisotopic (exact) mass is 528 g/mol. The number of aliphatic hydroxyl groups is 2. The van der Waals surface area contributed by atoms with Gasteiger partial charge in [-0.05, 0) is 27.8 Å². The molecule has 5 aromatic carbocycles. The van der Waals surface area contributed by atoms with Crippen molar-refractivity contribution >= 4 is 0 Å². The van der Waals surface area contributed by atoms with Gasteiger partial charge >= 0.3 is 0 Å². The Morgan fingerprint density at radius 1 is 0.425 bits per heavy atom. The number of hydrogen-bond acceptors (Lipinski definition) is 4. The fourth-order valence-electron chi connectivity index (χ4n) is 5.80. The molecule has 0 aliphatic carbocycles. The average molecular weight is 529 g/mol. The highest BCUT2D eigenvalue weighted by Crippen LogP contribution is 2.48. The predicted molar refractivity (Wildman–Crippen MR) is 155 cm³/mol. The topological polar surface area (TPSA) is 58.9 Å². The lowest BCUT2D eigenvalue weighted by Crippen LogP contribution is -2.54. The SMILES string of the molecule is OC(c1ccccc1)(c1ccccc1)C1OC(Cc2ccccc2)OC1C(O)(c1ccccc1)c1ccccc1. The molecule has 0 radical (unpaired) electrons. The fourth-order valence-corrected chi connectivity index (χ4v) is 5.80. The largest absolute Gasteiger partial charge is 0.378 e. The number of ether oxygens (including phenoxy) is 2. The van der Waals surface area contributed by atoms with Gasteiger partial charge in [0, 0.05) is 6.42 Å². The van der Waals surface area contributed by atoms with Crippen LogP contribution in [-0.2, 0) is 27.1 Å². The minimum Gasteiger partial charge on any atom is -0.378 e. The van der Waals surface area contributed by atoms with Gasteiger partial charge in [-0.2, -0.15) is 0 Å². The summed E-state index contributed by atoms with van der Waals surface area (Å²) in [6.45, 7) is 0. The van der Waals surface area contributed by atoms with Gasteiger partial charge in [0.2, 0.25) is 0 Å². The van der Waals surface area contributed by atoms with Crippen molar-refractivity contribution in [3.8, 4) is 0 Å². The van der Waals surface area contributed by atoms with Crippen LogP contribution in [0.4, 0.5) is 0 Å². The standard InChI is InChI=1S/C36H32O4/c37-35(28-18-8-2-9-19-28,29-20-10-3-11-21-29)33-34(40-32(39-33)26-27-16-6-1-7-17-27)36(38,30-22-12-4-13-23-30)31-24-14-5-15-25-31/h1-25,32-34,37-38H,26H2. The molecule has 1 heterocycles. The quantitative estimate of drug-likeness (QED) is 0.251. The minimum absolute atomic E-state index is 0.465. The van der Waals surface area contributed by atoms with Crippen molar-refractivity contribution in [3.05, 3.63) is 179 Å². The molecule has 0 spiro atoms. The van der Waals surface area contributed by atoms with E-state index in [0.29, 0.717) is 28.7 Å². The first-order valence-electron chi connectivity index (χ1n) is 13.6. The van der Waals surface area contributed by atoms with Crippen LogP contribution in [0.25, 0.3) is 0 Å². The van der Waals surface area contributed by atoms with Crippen LogP contribution in [0.3, 0.4) is 0 Å². The number of benzene rings is 5. The normalized spacial score (nSPS) is 19.4. The van der Waals surface area contributed by atoms with Gasteiger partial charge in [0.05, 0.1) is 0 Å². The van der Waals surface area contributed by atoms with Gasteiger partial charge < -0.3 is 19.7 Å². The van der Waals surface area contributed by atoms with Gasteiger partial charge in [0.25, 0.3) is 0 Å². The van der Waals surface area contributed by atoms with Crippen molar-refractivity contribution in [1.82, 2.24) is 0 Å². The molecule has 1 saturated heterocycles.